The molecule has 1 fully saturated rings. The Labute approximate surface area is 130 Å². The van der Waals surface area contributed by atoms with Crippen LogP contribution < -0.4 is 0 Å². The molecule has 130 valence electrons. The lowest BCUT2D eigenvalue weighted by atomic mass is 9.98. The first-order valence-electron chi connectivity index (χ1n) is 6.56. The van der Waals surface area contributed by atoms with E-state index in [1.165, 1.54) is 0 Å². The molecule has 0 aromatic rings. The molecule has 1 aliphatic rings. The van der Waals surface area contributed by atoms with Crippen LogP contribution in [0.15, 0.2) is 0 Å². The highest BCUT2D eigenvalue weighted by Crippen LogP contribution is 2.30. The Morgan fingerprint density at radius 2 is 1.26 bits per heavy atom. The predicted molar refractivity (Wildman–Crippen MR) is 68.4 cm³/mol. The molecule has 0 aromatic carbocycles. The molecule has 0 radical (unpaired) electrons. The normalized spacial score (nSPS) is 30.0. The lowest BCUT2D eigenvalue weighted by Gasteiger charge is -2.40. The summed E-state index contributed by atoms with van der Waals surface area (Å²) >= 11 is 0. The van der Waals surface area contributed by atoms with E-state index in [-0.39, 0.29) is 0 Å². The highest BCUT2D eigenvalue weighted by Gasteiger charge is 2.55. The Hall–Kier alpha value is -2.23. The Bertz CT molecular complexity index is 492. The maximum atomic E-state index is 14.1. The smallest absolute Gasteiger partial charge is 0.339 e. The van der Waals surface area contributed by atoms with Crippen LogP contribution in [0.3, 0.4) is 0 Å². The highest BCUT2D eigenvalue weighted by atomic mass is 19.1. The number of hydrogen-bond acceptors (Lipinski definition) is 9. The second kappa shape index (κ2) is 7.86. The Morgan fingerprint density at radius 1 is 0.826 bits per heavy atom. The van der Waals surface area contributed by atoms with Crippen LogP contribution in [0.25, 0.3) is 0 Å². The van der Waals surface area contributed by atoms with Crippen molar-refractivity contribution >= 4 is 23.9 Å². The molecule has 0 spiro atoms. The standard InChI is InChI=1S/C13H17FO9/c1-5(15)20-8-9(21-6(2)16)11(13(18)19-4)23-12(14)10(8)22-7(3)17/h8-12H,1-4H3/t8-,9-,10+,11+,12+/m0/s1. The molecule has 0 aliphatic carbocycles. The molecule has 9 nitrogen and oxygen atoms in total. The highest BCUT2D eigenvalue weighted by molar-refractivity contribution is 5.77. The number of alkyl halides is 1. The quantitative estimate of drug-likeness (QED) is 0.502. The lowest BCUT2D eigenvalue weighted by Crippen LogP contribution is -2.62. The van der Waals surface area contributed by atoms with E-state index in [9.17, 15) is 23.6 Å². The monoisotopic (exact) mass is 336 g/mol. The molecule has 1 aliphatic heterocycles. The first-order chi connectivity index (χ1) is 10.7. The number of rotatable bonds is 4. The SMILES string of the molecule is COC(=O)[C@@H]1O[C@@H](F)[C@H](OC(C)=O)[C@@H](OC(C)=O)[C@@H]1OC(C)=O. The largest absolute Gasteiger partial charge is 0.467 e. The molecule has 0 saturated carbocycles. The number of methoxy groups -OCH3 is 1. The van der Waals surface area contributed by atoms with E-state index in [4.69, 9.17) is 18.9 Å². The molecule has 1 saturated heterocycles. The number of esters is 4. The van der Waals surface area contributed by atoms with E-state index in [2.05, 4.69) is 4.74 Å². The van der Waals surface area contributed by atoms with Crippen LogP contribution in [0, 0.1) is 0 Å². The molecule has 0 amide bonds. The lowest BCUT2D eigenvalue weighted by molar-refractivity contribution is -0.271. The van der Waals surface area contributed by atoms with Gasteiger partial charge in [0.05, 0.1) is 7.11 Å². The van der Waals surface area contributed by atoms with Crippen molar-refractivity contribution in [2.45, 2.75) is 51.5 Å². The van der Waals surface area contributed by atoms with E-state index in [0.717, 1.165) is 27.9 Å². The zero-order valence-corrected chi connectivity index (χ0v) is 12.9. The van der Waals surface area contributed by atoms with Crippen LogP contribution in [0.5, 0.6) is 0 Å². The summed E-state index contributed by atoms with van der Waals surface area (Å²) in [7, 11) is 1.02. The molecule has 0 N–H and O–H groups in total. The van der Waals surface area contributed by atoms with Crippen molar-refractivity contribution in [2.24, 2.45) is 0 Å². The molecular weight excluding hydrogens is 319 g/mol. The number of carbonyl (C=O) groups is 4. The van der Waals surface area contributed by atoms with Crippen molar-refractivity contribution in [1.29, 1.82) is 0 Å². The first kappa shape index (κ1) is 18.8. The second-order valence-electron chi connectivity index (χ2n) is 4.65. The van der Waals surface area contributed by atoms with Gasteiger partial charge in [-0.25, -0.2) is 9.18 Å². The van der Waals surface area contributed by atoms with Crippen molar-refractivity contribution in [3.05, 3.63) is 0 Å². The third-order valence-corrected chi connectivity index (χ3v) is 2.82. The van der Waals surface area contributed by atoms with Gasteiger partial charge in [0, 0.05) is 20.8 Å². The summed E-state index contributed by atoms with van der Waals surface area (Å²) in [4.78, 5) is 45.3. The van der Waals surface area contributed by atoms with Gasteiger partial charge < -0.3 is 23.7 Å². The Kier molecular flexibility index (Phi) is 6.43. The van der Waals surface area contributed by atoms with Gasteiger partial charge in [-0.15, -0.1) is 0 Å². The van der Waals surface area contributed by atoms with Crippen molar-refractivity contribution in [2.75, 3.05) is 7.11 Å². The fourth-order valence-corrected chi connectivity index (χ4v) is 2.07. The van der Waals surface area contributed by atoms with Gasteiger partial charge >= 0.3 is 23.9 Å². The maximum Gasteiger partial charge on any atom is 0.339 e. The molecular formula is C13H17FO9. The van der Waals surface area contributed by atoms with Crippen LogP contribution in [0.4, 0.5) is 4.39 Å². The zero-order chi connectivity index (χ0) is 17.7. The van der Waals surface area contributed by atoms with Crippen molar-refractivity contribution in [1.82, 2.24) is 0 Å². The Balaban J connectivity index is 3.21. The third-order valence-electron chi connectivity index (χ3n) is 2.82. The summed E-state index contributed by atoms with van der Waals surface area (Å²) < 4.78 is 37.9. The predicted octanol–water partition coefficient (Wildman–Crippen LogP) is -0.351. The number of carbonyl (C=O) groups excluding carboxylic acids is 4. The van der Waals surface area contributed by atoms with Gasteiger partial charge in [-0.1, -0.05) is 0 Å². The molecule has 23 heavy (non-hydrogen) atoms. The summed E-state index contributed by atoms with van der Waals surface area (Å²) in [6.07, 6.45) is -8.80. The molecule has 1 rings (SSSR count). The van der Waals surface area contributed by atoms with Gasteiger partial charge in [0.15, 0.2) is 24.4 Å². The van der Waals surface area contributed by atoms with E-state index >= 15 is 0 Å². The van der Waals surface area contributed by atoms with Crippen LogP contribution in [-0.4, -0.2) is 61.8 Å². The topological polar surface area (TPSA) is 114 Å². The van der Waals surface area contributed by atoms with Gasteiger partial charge in [-0.2, -0.15) is 0 Å². The molecule has 0 unspecified atom stereocenters. The van der Waals surface area contributed by atoms with Crippen molar-refractivity contribution in [3.63, 3.8) is 0 Å². The van der Waals surface area contributed by atoms with Crippen LogP contribution in [0.1, 0.15) is 20.8 Å². The Morgan fingerprint density at radius 3 is 1.70 bits per heavy atom. The van der Waals surface area contributed by atoms with Gasteiger partial charge in [0.2, 0.25) is 6.36 Å². The summed E-state index contributed by atoms with van der Waals surface area (Å²) in [5.41, 5.74) is 0. The number of hydrogen-bond donors (Lipinski definition) is 0. The summed E-state index contributed by atoms with van der Waals surface area (Å²) in [5.74, 6) is -3.63. The molecule has 10 heteroatoms. The minimum absolute atomic E-state index is 0.844. The van der Waals surface area contributed by atoms with Gasteiger partial charge in [0.25, 0.3) is 0 Å². The van der Waals surface area contributed by atoms with Gasteiger partial charge in [0.1, 0.15) is 0 Å². The van der Waals surface area contributed by atoms with Crippen LogP contribution in [0.2, 0.25) is 0 Å². The van der Waals surface area contributed by atoms with Crippen molar-refractivity contribution in [3.8, 4) is 0 Å². The third kappa shape index (κ3) is 4.88. The minimum Gasteiger partial charge on any atom is -0.467 e. The second-order valence-corrected chi connectivity index (χ2v) is 4.65. The fraction of sp³-hybridized carbons (Fsp3) is 0.692. The van der Waals surface area contributed by atoms with Gasteiger partial charge in [-0.05, 0) is 0 Å². The molecule has 5 atom stereocenters. The summed E-state index contributed by atoms with van der Waals surface area (Å²) in [5, 5.41) is 0. The summed E-state index contributed by atoms with van der Waals surface area (Å²) in [6.45, 7) is 3.05. The van der Waals surface area contributed by atoms with E-state index in [0.29, 0.717) is 0 Å². The summed E-state index contributed by atoms with van der Waals surface area (Å²) in [6, 6.07) is 0. The average Bonchev–Trinajstić information content (AvgIpc) is 2.43. The first-order valence-corrected chi connectivity index (χ1v) is 6.56. The van der Waals surface area contributed by atoms with E-state index < -0.39 is 54.7 Å². The molecule has 1 heterocycles. The van der Waals surface area contributed by atoms with Crippen LogP contribution in [-0.2, 0) is 42.9 Å². The van der Waals surface area contributed by atoms with E-state index in [1.807, 2.05) is 0 Å². The van der Waals surface area contributed by atoms with Crippen LogP contribution >= 0.6 is 0 Å². The number of ether oxygens (including phenoxy) is 5. The minimum atomic E-state index is -2.29. The van der Waals surface area contributed by atoms with Crippen molar-refractivity contribution < 1.29 is 47.3 Å². The van der Waals surface area contributed by atoms with Gasteiger partial charge in [-0.3, -0.25) is 14.4 Å². The zero-order valence-electron chi connectivity index (χ0n) is 12.9. The average molecular weight is 336 g/mol. The maximum absolute atomic E-state index is 14.1. The molecule has 0 bridgehead atoms. The fourth-order valence-electron chi connectivity index (χ4n) is 2.07. The molecule has 0 aromatic heterocycles. The van der Waals surface area contributed by atoms with E-state index in [1.54, 1.807) is 0 Å². The number of halogens is 1.